The summed E-state index contributed by atoms with van der Waals surface area (Å²) in [6, 6.07) is 8.13. The molecular weight excluding hydrogens is 238 g/mol. The summed E-state index contributed by atoms with van der Waals surface area (Å²) in [4.78, 5) is 0. The second kappa shape index (κ2) is 6.40. The van der Waals surface area contributed by atoms with Gasteiger partial charge in [-0.2, -0.15) is 0 Å². The van der Waals surface area contributed by atoms with Crippen molar-refractivity contribution in [2.24, 2.45) is 0 Å². The molecule has 0 saturated heterocycles. The molecule has 0 bridgehead atoms. The van der Waals surface area contributed by atoms with Crippen molar-refractivity contribution in [1.82, 2.24) is 5.32 Å². The molecule has 0 unspecified atom stereocenters. The maximum atomic E-state index is 9.07. The van der Waals surface area contributed by atoms with Gasteiger partial charge in [0, 0.05) is 29.7 Å². The van der Waals surface area contributed by atoms with Crippen LogP contribution in [0.15, 0.2) is 24.3 Å². The predicted octanol–water partition coefficient (Wildman–Crippen LogP) is 2.72. The number of aliphatic hydroxyl groups is 1. The summed E-state index contributed by atoms with van der Waals surface area (Å²) in [5, 5.41) is 12.6. The summed E-state index contributed by atoms with van der Waals surface area (Å²) in [6.45, 7) is 9.66. The number of hydrogen-bond acceptors (Lipinski definition) is 3. The first kappa shape index (κ1) is 16.0. The summed E-state index contributed by atoms with van der Waals surface area (Å²) >= 11 is 0. The Balaban J connectivity index is 2.80. The van der Waals surface area contributed by atoms with Crippen LogP contribution in [0.25, 0.3) is 0 Å². The Kier molecular flexibility index (Phi) is 5.39. The molecule has 2 N–H and O–H groups in total. The molecule has 3 heteroatoms. The molecular formula is C16H27NO2. The molecule has 0 amide bonds. The van der Waals surface area contributed by atoms with Gasteiger partial charge in [-0.3, -0.25) is 0 Å². The van der Waals surface area contributed by atoms with E-state index in [9.17, 15) is 0 Å². The highest BCUT2D eigenvalue weighted by atomic mass is 16.5. The minimum absolute atomic E-state index is 0.0284. The second-order valence-corrected chi connectivity index (χ2v) is 6.30. The van der Waals surface area contributed by atoms with Crippen LogP contribution in [0.1, 0.15) is 39.7 Å². The third-order valence-electron chi connectivity index (χ3n) is 3.58. The summed E-state index contributed by atoms with van der Waals surface area (Å²) in [6.07, 6.45) is 0.745. The average molecular weight is 265 g/mol. The van der Waals surface area contributed by atoms with Crippen molar-refractivity contribution in [3.63, 3.8) is 0 Å². The molecule has 0 atom stereocenters. The fourth-order valence-electron chi connectivity index (χ4n) is 2.13. The number of hydrogen-bond donors (Lipinski definition) is 2. The third-order valence-corrected chi connectivity index (χ3v) is 3.58. The lowest BCUT2D eigenvalue weighted by molar-refractivity contribution is 0.223. The van der Waals surface area contributed by atoms with Crippen molar-refractivity contribution >= 4 is 0 Å². The van der Waals surface area contributed by atoms with Crippen LogP contribution in [0.3, 0.4) is 0 Å². The number of para-hydroxylation sites is 1. The average Bonchev–Trinajstić information content (AvgIpc) is 2.37. The molecule has 0 aromatic heterocycles. The van der Waals surface area contributed by atoms with Crippen LogP contribution in [0.2, 0.25) is 0 Å². The molecule has 0 spiro atoms. The van der Waals surface area contributed by atoms with Gasteiger partial charge in [-0.15, -0.1) is 0 Å². The summed E-state index contributed by atoms with van der Waals surface area (Å²) < 4.78 is 5.44. The van der Waals surface area contributed by atoms with Gasteiger partial charge >= 0.3 is 0 Å². The lowest BCUT2D eigenvalue weighted by Gasteiger charge is -2.33. The van der Waals surface area contributed by atoms with Gasteiger partial charge in [0.15, 0.2) is 0 Å². The van der Waals surface area contributed by atoms with E-state index >= 15 is 0 Å². The maximum absolute atomic E-state index is 9.07. The lowest BCUT2D eigenvalue weighted by Crippen LogP contribution is -2.46. The Bertz CT molecular complexity index is 399. The monoisotopic (exact) mass is 265 g/mol. The predicted molar refractivity (Wildman–Crippen MR) is 79.8 cm³/mol. The number of rotatable bonds is 7. The minimum Gasteiger partial charge on any atom is -0.496 e. The van der Waals surface area contributed by atoms with Crippen LogP contribution in [-0.4, -0.2) is 30.9 Å². The summed E-state index contributed by atoms with van der Waals surface area (Å²) in [7, 11) is 1.71. The molecule has 0 saturated carbocycles. The van der Waals surface area contributed by atoms with E-state index in [4.69, 9.17) is 9.84 Å². The molecule has 0 radical (unpaired) electrons. The first-order valence-electron chi connectivity index (χ1n) is 6.82. The van der Waals surface area contributed by atoms with E-state index in [0.29, 0.717) is 0 Å². The van der Waals surface area contributed by atoms with E-state index in [1.165, 1.54) is 5.56 Å². The van der Waals surface area contributed by atoms with Crippen LogP contribution in [-0.2, 0) is 5.41 Å². The topological polar surface area (TPSA) is 41.5 Å². The first-order chi connectivity index (χ1) is 8.82. The second-order valence-electron chi connectivity index (χ2n) is 6.30. The van der Waals surface area contributed by atoms with Crippen molar-refractivity contribution in [1.29, 1.82) is 0 Å². The van der Waals surface area contributed by atoms with Crippen molar-refractivity contribution in [2.75, 3.05) is 20.3 Å². The summed E-state index contributed by atoms with van der Waals surface area (Å²) in [5.74, 6) is 0.925. The molecule has 1 rings (SSSR count). The van der Waals surface area contributed by atoms with Crippen LogP contribution in [0.5, 0.6) is 5.75 Å². The molecule has 0 heterocycles. The molecule has 1 aromatic rings. The number of benzene rings is 1. The largest absolute Gasteiger partial charge is 0.496 e. The zero-order chi connectivity index (χ0) is 14.5. The van der Waals surface area contributed by atoms with Crippen LogP contribution in [0, 0.1) is 0 Å². The SMILES string of the molecule is COc1ccccc1C(C)(C)CNC(C)(C)CCO. The Hall–Kier alpha value is -1.06. The standard InChI is InChI=1S/C16H27NO2/c1-15(2,12-17-16(3,4)10-11-18)13-8-6-7-9-14(13)19-5/h6-9,17-18H,10-12H2,1-5H3. The Morgan fingerprint density at radius 3 is 2.37 bits per heavy atom. The number of methoxy groups -OCH3 is 1. The quantitative estimate of drug-likeness (QED) is 0.796. The highest BCUT2D eigenvalue weighted by molar-refractivity contribution is 5.39. The van der Waals surface area contributed by atoms with Gasteiger partial charge < -0.3 is 15.2 Å². The first-order valence-corrected chi connectivity index (χ1v) is 6.82. The van der Waals surface area contributed by atoms with Crippen molar-refractivity contribution in [2.45, 2.75) is 45.1 Å². The molecule has 0 aliphatic heterocycles. The molecule has 3 nitrogen and oxygen atoms in total. The molecule has 0 fully saturated rings. The molecule has 19 heavy (non-hydrogen) atoms. The van der Waals surface area contributed by atoms with Gasteiger partial charge in [0.05, 0.1) is 7.11 Å². The van der Waals surface area contributed by atoms with E-state index in [1.807, 2.05) is 18.2 Å². The van der Waals surface area contributed by atoms with E-state index in [0.717, 1.165) is 18.7 Å². The number of nitrogens with one attached hydrogen (secondary N) is 1. The lowest BCUT2D eigenvalue weighted by atomic mass is 9.83. The smallest absolute Gasteiger partial charge is 0.122 e. The molecule has 1 aromatic carbocycles. The van der Waals surface area contributed by atoms with Gasteiger partial charge in [0.25, 0.3) is 0 Å². The Labute approximate surface area is 117 Å². The van der Waals surface area contributed by atoms with Crippen molar-refractivity contribution in [3.05, 3.63) is 29.8 Å². The highest BCUT2D eigenvalue weighted by Gasteiger charge is 2.27. The van der Waals surface area contributed by atoms with Crippen molar-refractivity contribution in [3.8, 4) is 5.75 Å². The van der Waals surface area contributed by atoms with E-state index in [2.05, 4.69) is 39.1 Å². The van der Waals surface area contributed by atoms with Gasteiger partial charge in [0.2, 0.25) is 0 Å². The van der Waals surface area contributed by atoms with Gasteiger partial charge in [0.1, 0.15) is 5.75 Å². The normalized spacial score (nSPS) is 12.5. The zero-order valence-corrected chi connectivity index (χ0v) is 12.8. The number of ether oxygens (including phenoxy) is 1. The van der Waals surface area contributed by atoms with Gasteiger partial charge in [-0.1, -0.05) is 32.0 Å². The molecule has 0 aliphatic carbocycles. The third kappa shape index (κ3) is 4.51. The number of aliphatic hydroxyl groups excluding tert-OH is 1. The fourth-order valence-corrected chi connectivity index (χ4v) is 2.13. The van der Waals surface area contributed by atoms with Gasteiger partial charge in [-0.05, 0) is 26.3 Å². The van der Waals surface area contributed by atoms with E-state index < -0.39 is 0 Å². The Morgan fingerprint density at radius 1 is 1.16 bits per heavy atom. The zero-order valence-electron chi connectivity index (χ0n) is 12.8. The van der Waals surface area contributed by atoms with Gasteiger partial charge in [-0.25, -0.2) is 0 Å². The van der Waals surface area contributed by atoms with E-state index in [1.54, 1.807) is 7.11 Å². The highest BCUT2D eigenvalue weighted by Crippen LogP contribution is 2.31. The van der Waals surface area contributed by atoms with Crippen LogP contribution in [0.4, 0.5) is 0 Å². The molecule has 0 aliphatic rings. The Morgan fingerprint density at radius 2 is 1.79 bits per heavy atom. The maximum Gasteiger partial charge on any atom is 0.122 e. The van der Waals surface area contributed by atoms with Crippen molar-refractivity contribution < 1.29 is 9.84 Å². The van der Waals surface area contributed by atoms with E-state index in [-0.39, 0.29) is 17.6 Å². The van der Waals surface area contributed by atoms with Crippen LogP contribution >= 0.6 is 0 Å². The summed E-state index contributed by atoms with van der Waals surface area (Å²) in [5.41, 5.74) is 1.11. The minimum atomic E-state index is -0.0615. The molecule has 108 valence electrons. The van der Waals surface area contributed by atoms with Crippen LogP contribution < -0.4 is 10.1 Å². The fraction of sp³-hybridized carbons (Fsp3) is 0.625.